The molecule has 4 N–H and O–H groups in total. The molecule has 1 unspecified atom stereocenters. The zero-order valence-corrected chi connectivity index (χ0v) is 18.4. The lowest BCUT2D eigenvalue weighted by Crippen LogP contribution is -2.42. The highest BCUT2D eigenvalue weighted by atomic mass is 16.5. The van der Waals surface area contributed by atoms with Crippen LogP contribution in [0, 0.1) is 0 Å². The van der Waals surface area contributed by atoms with E-state index in [0.717, 1.165) is 37.2 Å². The second kappa shape index (κ2) is 10.4. The molecule has 0 radical (unpaired) electrons. The first-order valence-electron chi connectivity index (χ1n) is 10.6. The molecule has 30 heavy (non-hydrogen) atoms. The van der Waals surface area contributed by atoms with Gasteiger partial charge in [0.2, 0.25) is 0 Å². The number of nitrogens with zero attached hydrogens (tertiary/aromatic N) is 3. The Kier molecular flexibility index (Phi) is 7.60. The summed E-state index contributed by atoms with van der Waals surface area (Å²) < 4.78 is 5.78. The van der Waals surface area contributed by atoms with Crippen molar-refractivity contribution in [2.24, 2.45) is 11.6 Å². The zero-order valence-electron chi connectivity index (χ0n) is 18.4. The maximum absolute atomic E-state index is 6.29. The van der Waals surface area contributed by atoms with Crippen molar-refractivity contribution in [1.82, 2.24) is 9.91 Å². The van der Waals surface area contributed by atoms with Gasteiger partial charge >= 0.3 is 0 Å². The van der Waals surface area contributed by atoms with Crippen molar-refractivity contribution in [2.75, 3.05) is 45.2 Å². The fraction of sp³-hybridized carbons (Fsp3) is 0.417. The molecule has 0 spiro atoms. The van der Waals surface area contributed by atoms with Crippen molar-refractivity contribution in [3.8, 4) is 5.75 Å². The molecule has 0 bridgehead atoms. The second-order valence-corrected chi connectivity index (χ2v) is 8.23. The van der Waals surface area contributed by atoms with Crippen LogP contribution in [0.4, 0.5) is 5.69 Å². The minimum atomic E-state index is 0.292. The van der Waals surface area contributed by atoms with E-state index in [2.05, 4.69) is 55.1 Å². The average Bonchev–Trinajstić information content (AvgIpc) is 3.15. The SMILES string of the molecule is CC(CN(N)/C=C(\N)c1ccc(OCCCN(C)C)cc1)N1CCc2ccccc21. The van der Waals surface area contributed by atoms with Gasteiger partial charge in [-0.15, -0.1) is 0 Å². The first kappa shape index (κ1) is 22.0. The van der Waals surface area contributed by atoms with Gasteiger partial charge in [0.25, 0.3) is 0 Å². The van der Waals surface area contributed by atoms with Crippen LogP contribution in [0.25, 0.3) is 5.70 Å². The van der Waals surface area contributed by atoms with Crippen LogP contribution in [-0.2, 0) is 6.42 Å². The predicted octanol–water partition coefficient (Wildman–Crippen LogP) is 2.90. The lowest BCUT2D eigenvalue weighted by Gasteiger charge is -2.30. The van der Waals surface area contributed by atoms with Gasteiger partial charge in [-0.2, -0.15) is 0 Å². The van der Waals surface area contributed by atoms with Gasteiger partial charge in [0, 0.05) is 31.0 Å². The molecule has 2 aromatic rings. The summed E-state index contributed by atoms with van der Waals surface area (Å²) in [6.07, 6.45) is 3.90. The van der Waals surface area contributed by atoms with Crippen LogP contribution in [0.15, 0.2) is 54.7 Å². The maximum atomic E-state index is 6.29. The molecule has 1 heterocycles. The number of hydrazine groups is 1. The van der Waals surface area contributed by atoms with Crippen LogP contribution in [-0.4, -0.2) is 56.3 Å². The van der Waals surface area contributed by atoms with Gasteiger partial charge < -0.3 is 25.3 Å². The molecule has 6 heteroatoms. The molecule has 0 amide bonds. The molecule has 1 aliphatic heterocycles. The van der Waals surface area contributed by atoms with Crippen molar-refractivity contribution >= 4 is 11.4 Å². The molecule has 6 nitrogen and oxygen atoms in total. The van der Waals surface area contributed by atoms with Gasteiger partial charge in [0.1, 0.15) is 5.75 Å². The van der Waals surface area contributed by atoms with Crippen molar-refractivity contribution in [3.05, 3.63) is 65.9 Å². The standard InChI is InChI=1S/C24H35N5O/c1-19(29-15-13-21-7-4-5-8-24(21)29)17-28(26)18-23(25)20-9-11-22(12-10-20)30-16-6-14-27(2)3/h4-5,7-12,18-19H,6,13-17,25-26H2,1-3H3/b23-18-. The van der Waals surface area contributed by atoms with Crippen LogP contribution in [0.5, 0.6) is 5.75 Å². The average molecular weight is 410 g/mol. The number of anilines is 1. The van der Waals surface area contributed by atoms with Crippen molar-refractivity contribution in [3.63, 3.8) is 0 Å². The van der Waals surface area contributed by atoms with E-state index in [1.807, 2.05) is 30.5 Å². The quantitative estimate of drug-likeness (QED) is 0.357. The molecule has 0 saturated heterocycles. The van der Waals surface area contributed by atoms with E-state index in [-0.39, 0.29) is 0 Å². The normalized spacial score (nSPS) is 14.7. The minimum absolute atomic E-state index is 0.292. The topological polar surface area (TPSA) is 71.0 Å². The summed E-state index contributed by atoms with van der Waals surface area (Å²) >= 11 is 0. The van der Waals surface area contributed by atoms with Crippen LogP contribution in [0.2, 0.25) is 0 Å². The molecule has 162 valence electrons. The molecular weight excluding hydrogens is 374 g/mol. The fourth-order valence-corrected chi connectivity index (χ4v) is 3.85. The first-order chi connectivity index (χ1) is 14.4. The van der Waals surface area contributed by atoms with E-state index < -0.39 is 0 Å². The molecule has 0 fully saturated rings. The van der Waals surface area contributed by atoms with Crippen molar-refractivity contribution in [1.29, 1.82) is 0 Å². The highest BCUT2D eigenvalue weighted by Gasteiger charge is 2.23. The Hall–Kier alpha value is -2.70. The predicted molar refractivity (Wildman–Crippen MR) is 125 cm³/mol. The lowest BCUT2D eigenvalue weighted by atomic mass is 10.1. The summed E-state index contributed by atoms with van der Waals surface area (Å²) in [6, 6.07) is 16.7. The molecule has 0 aliphatic carbocycles. The Balaban J connectivity index is 1.52. The van der Waals surface area contributed by atoms with Crippen LogP contribution in [0.1, 0.15) is 24.5 Å². The lowest BCUT2D eigenvalue weighted by molar-refractivity contribution is 0.281. The monoisotopic (exact) mass is 409 g/mol. The number of hydrogen-bond donors (Lipinski definition) is 2. The molecular formula is C24H35N5O. The zero-order chi connectivity index (χ0) is 21.5. The van der Waals surface area contributed by atoms with Crippen molar-refractivity contribution < 1.29 is 4.74 Å². The molecule has 1 aliphatic rings. The van der Waals surface area contributed by atoms with E-state index in [4.69, 9.17) is 16.3 Å². The number of para-hydroxylation sites is 1. The fourth-order valence-electron chi connectivity index (χ4n) is 3.85. The molecule has 0 saturated carbocycles. The first-order valence-corrected chi connectivity index (χ1v) is 10.6. The minimum Gasteiger partial charge on any atom is -0.494 e. The summed E-state index contributed by atoms with van der Waals surface area (Å²) in [5.74, 6) is 7.12. The van der Waals surface area contributed by atoms with E-state index in [0.29, 0.717) is 24.9 Å². The number of ether oxygens (including phenoxy) is 1. The number of rotatable bonds is 10. The number of benzene rings is 2. The van der Waals surface area contributed by atoms with E-state index in [1.165, 1.54) is 11.3 Å². The van der Waals surface area contributed by atoms with Gasteiger partial charge in [-0.3, -0.25) is 0 Å². The Morgan fingerprint density at radius 2 is 1.90 bits per heavy atom. The van der Waals surface area contributed by atoms with E-state index >= 15 is 0 Å². The van der Waals surface area contributed by atoms with Crippen molar-refractivity contribution in [2.45, 2.75) is 25.8 Å². The summed E-state index contributed by atoms with van der Waals surface area (Å²) in [7, 11) is 4.13. The Morgan fingerprint density at radius 3 is 2.63 bits per heavy atom. The molecule has 0 aromatic heterocycles. The summed E-state index contributed by atoms with van der Waals surface area (Å²) in [5, 5.41) is 1.69. The van der Waals surface area contributed by atoms with Crippen LogP contribution >= 0.6 is 0 Å². The third-order valence-corrected chi connectivity index (χ3v) is 5.44. The summed E-state index contributed by atoms with van der Waals surface area (Å²) in [4.78, 5) is 4.57. The van der Waals surface area contributed by atoms with Gasteiger partial charge in [0.05, 0.1) is 18.8 Å². The third kappa shape index (κ3) is 5.90. The van der Waals surface area contributed by atoms with E-state index in [1.54, 1.807) is 5.01 Å². The highest BCUT2D eigenvalue weighted by Crippen LogP contribution is 2.29. The largest absolute Gasteiger partial charge is 0.494 e. The number of fused-ring (bicyclic) bond motifs is 1. The smallest absolute Gasteiger partial charge is 0.119 e. The summed E-state index contributed by atoms with van der Waals surface area (Å²) in [6.45, 7) is 5.65. The Labute approximate surface area is 180 Å². The van der Waals surface area contributed by atoms with Gasteiger partial charge in [-0.1, -0.05) is 18.2 Å². The van der Waals surface area contributed by atoms with E-state index in [9.17, 15) is 0 Å². The second-order valence-electron chi connectivity index (χ2n) is 8.23. The molecule has 2 aromatic carbocycles. The van der Waals surface area contributed by atoms with Crippen LogP contribution < -0.4 is 21.2 Å². The van der Waals surface area contributed by atoms with Gasteiger partial charge in [0.15, 0.2) is 0 Å². The van der Waals surface area contributed by atoms with Gasteiger partial charge in [-0.05, 0) is 75.3 Å². The Morgan fingerprint density at radius 1 is 1.17 bits per heavy atom. The summed E-state index contributed by atoms with van der Waals surface area (Å²) in [5.41, 5.74) is 10.6. The number of hydrogen-bond acceptors (Lipinski definition) is 6. The van der Waals surface area contributed by atoms with Gasteiger partial charge in [-0.25, -0.2) is 5.84 Å². The molecule has 1 atom stereocenters. The van der Waals surface area contributed by atoms with Crippen LogP contribution in [0.3, 0.4) is 0 Å². The Bertz CT molecular complexity index is 834. The highest BCUT2D eigenvalue weighted by molar-refractivity contribution is 5.63. The molecule has 3 rings (SSSR count). The number of nitrogens with two attached hydrogens (primary N) is 2. The maximum Gasteiger partial charge on any atom is 0.119 e. The third-order valence-electron chi connectivity index (χ3n) is 5.44.